The van der Waals surface area contributed by atoms with Crippen LogP contribution >= 0.6 is 23.2 Å². The number of anilines is 2. The second kappa shape index (κ2) is 5.91. The van der Waals surface area contributed by atoms with Crippen LogP contribution < -0.4 is 10.6 Å². The Labute approximate surface area is 120 Å². The van der Waals surface area contributed by atoms with Crippen LogP contribution in [0, 0.1) is 6.92 Å². The second-order valence-corrected chi connectivity index (χ2v) is 4.65. The smallest absolute Gasteiger partial charge is 0.308 e. The van der Waals surface area contributed by atoms with Crippen LogP contribution in [0.15, 0.2) is 36.5 Å². The highest BCUT2D eigenvalue weighted by molar-refractivity contribution is 6.31. The van der Waals surface area contributed by atoms with Crippen LogP contribution in [0.2, 0.25) is 10.2 Å². The van der Waals surface area contributed by atoms with Crippen LogP contribution in [0.25, 0.3) is 0 Å². The number of benzene rings is 1. The number of aromatic nitrogens is 1. The molecule has 0 radical (unpaired) electrons. The minimum absolute atomic E-state index is 0.316. The molecule has 4 nitrogen and oxygen atoms in total. The van der Waals surface area contributed by atoms with Gasteiger partial charge in [0.25, 0.3) is 0 Å². The summed E-state index contributed by atoms with van der Waals surface area (Å²) in [4.78, 5) is 15.7. The molecule has 0 fully saturated rings. The number of urea groups is 1. The summed E-state index contributed by atoms with van der Waals surface area (Å²) in [5.74, 6) is 0. The Morgan fingerprint density at radius 1 is 1.21 bits per heavy atom. The number of carbonyl (C=O) groups is 1. The van der Waals surface area contributed by atoms with Crippen molar-refractivity contribution in [2.45, 2.75) is 6.92 Å². The molecule has 0 saturated heterocycles. The third-order valence-corrected chi connectivity index (χ3v) is 3.12. The van der Waals surface area contributed by atoms with E-state index in [2.05, 4.69) is 15.6 Å². The lowest BCUT2D eigenvalue weighted by Gasteiger charge is -2.10. The first kappa shape index (κ1) is 13.6. The van der Waals surface area contributed by atoms with E-state index in [0.29, 0.717) is 21.6 Å². The van der Waals surface area contributed by atoms with Crippen molar-refractivity contribution in [1.29, 1.82) is 0 Å². The molecule has 98 valence electrons. The van der Waals surface area contributed by atoms with E-state index in [9.17, 15) is 4.79 Å². The van der Waals surface area contributed by atoms with Crippen molar-refractivity contribution in [3.63, 3.8) is 0 Å². The standard InChI is InChI=1S/C13H11Cl2N3O/c1-8-10(14)3-2-4-11(8)18-13(19)17-9-5-6-16-12(15)7-9/h2-7H,1H3,(H2,16,17,18,19). The van der Waals surface area contributed by atoms with E-state index in [1.165, 1.54) is 6.20 Å². The van der Waals surface area contributed by atoms with Crippen molar-refractivity contribution in [2.75, 3.05) is 10.6 Å². The third kappa shape index (κ3) is 3.59. The minimum atomic E-state index is -0.368. The van der Waals surface area contributed by atoms with E-state index in [1.54, 1.807) is 30.3 Å². The number of hydrogen-bond donors (Lipinski definition) is 2. The van der Waals surface area contributed by atoms with Gasteiger partial charge in [0.05, 0.1) is 0 Å². The SMILES string of the molecule is Cc1c(Cl)cccc1NC(=O)Nc1ccnc(Cl)c1. The van der Waals surface area contributed by atoms with Crippen LogP contribution in [0.5, 0.6) is 0 Å². The third-order valence-electron chi connectivity index (χ3n) is 2.50. The summed E-state index contributed by atoms with van der Waals surface area (Å²) in [5.41, 5.74) is 2.04. The highest BCUT2D eigenvalue weighted by Crippen LogP contribution is 2.23. The van der Waals surface area contributed by atoms with Gasteiger partial charge >= 0.3 is 6.03 Å². The monoisotopic (exact) mass is 295 g/mol. The van der Waals surface area contributed by atoms with Crippen LogP contribution in [0.1, 0.15) is 5.56 Å². The van der Waals surface area contributed by atoms with Gasteiger partial charge in [0.2, 0.25) is 0 Å². The molecule has 6 heteroatoms. The highest BCUT2D eigenvalue weighted by atomic mass is 35.5. The molecule has 2 amide bonds. The maximum atomic E-state index is 11.8. The molecule has 0 atom stereocenters. The van der Waals surface area contributed by atoms with Gasteiger partial charge in [0.1, 0.15) is 5.15 Å². The average Bonchev–Trinajstić information content (AvgIpc) is 2.35. The number of pyridine rings is 1. The van der Waals surface area contributed by atoms with Crippen LogP contribution in [0.3, 0.4) is 0 Å². The normalized spacial score (nSPS) is 10.1. The fourth-order valence-electron chi connectivity index (χ4n) is 1.51. The number of hydrogen-bond acceptors (Lipinski definition) is 2. The van der Waals surface area contributed by atoms with Gasteiger partial charge in [0, 0.05) is 22.6 Å². The molecule has 0 aliphatic heterocycles. The topological polar surface area (TPSA) is 54.0 Å². The van der Waals surface area contributed by atoms with Gasteiger partial charge in [0.15, 0.2) is 0 Å². The Balaban J connectivity index is 2.08. The summed E-state index contributed by atoms with van der Waals surface area (Å²) in [7, 11) is 0. The van der Waals surface area contributed by atoms with Crippen molar-refractivity contribution in [1.82, 2.24) is 4.98 Å². The van der Waals surface area contributed by atoms with E-state index >= 15 is 0 Å². The highest BCUT2D eigenvalue weighted by Gasteiger charge is 2.07. The van der Waals surface area contributed by atoms with Gasteiger partial charge in [-0.25, -0.2) is 9.78 Å². The van der Waals surface area contributed by atoms with Crippen LogP contribution in [-0.2, 0) is 0 Å². The number of carbonyl (C=O) groups excluding carboxylic acids is 1. The van der Waals surface area contributed by atoms with E-state index in [4.69, 9.17) is 23.2 Å². The van der Waals surface area contributed by atoms with Crippen molar-refractivity contribution in [3.8, 4) is 0 Å². The van der Waals surface area contributed by atoms with Crippen molar-refractivity contribution < 1.29 is 4.79 Å². The largest absolute Gasteiger partial charge is 0.323 e. The summed E-state index contributed by atoms with van der Waals surface area (Å²) in [5, 5.41) is 6.30. The Bertz CT molecular complexity index is 617. The average molecular weight is 296 g/mol. The number of amides is 2. The summed E-state index contributed by atoms with van der Waals surface area (Å²) >= 11 is 11.7. The zero-order valence-corrected chi connectivity index (χ0v) is 11.6. The fraction of sp³-hybridized carbons (Fsp3) is 0.0769. The van der Waals surface area contributed by atoms with E-state index < -0.39 is 0 Å². The Kier molecular flexibility index (Phi) is 4.24. The minimum Gasteiger partial charge on any atom is -0.308 e. The number of nitrogens with one attached hydrogen (secondary N) is 2. The molecule has 1 heterocycles. The van der Waals surface area contributed by atoms with Gasteiger partial charge in [-0.05, 0) is 36.8 Å². The second-order valence-electron chi connectivity index (χ2n) is 3.86. The lowest BCUT2D eigenvalue weighted by molar-refractivity contribution is 0.262. The summed E-state index contributed by atoms with van der Waals surface area (Å²) in [6.45, 7) is 1.83. The zero-order chi connectivity index (χ0) is 13.8. The maximum Gasteiger partial charge on any atom is 0.323 e. The van der Waals surface area contributed by atoms with Crippen molar-refractivity contribution >= 4 is 40.6 Å². The molecule has 2 aromatic rings. The molecule has 0 bridgehead atoms. The van der Waals surface area contributed by atoms with E-state index in [1.807, 2.05) is 6.92 Å². The number of nitrogens with zero attached hydrogens (tertiary/aromatic N) is 1. The molecule has 0 aliphatic rings. The number of rotatable bonds is 2. The lowest BCUT2D eigenvalue weighted by atomic mass is 10.2. The Morgan fingerprint density at radius 3 is 2.74 bits per heavy atom. The molecule has 0 aliphatic carbocycles. The van der Waals surface area contributed by atoms with Gasteiger partial charge in [-0.2, -0.15) is 0 Å². The molecule has 0 saturated carbocycles. The first-order valence-electron chi connectivity index (χ1n) is 5.51. The maximum absolute atomic E-state index is 11.8. The van der Waals surface area contributed by atoms with Crippen LogP contribution in [0.4, 0.5) is 16.2 Å². The van der Waals surface area contributed by atoms with Gasteiger partial charge in [-0.1, -0.05) is 29.3 Å². The summed E-state index contributed by atoms with van der Waals surface area (Å²) in [6, 6.07) is 8.16. The molecule has 0 spiro atoms. The Morgan fingerprint density at radius 2 is 2.00 bits per heavy atom. The first-order valence-corrected chi connectivity index (χ1v) is 6.26. The molecular weight excluding hydrogens is 285 g/mol. The van der Waals surface area contributed by atoms with E-state index in [-0.39, 0.29) is 6.03 Å². The predicted molar refractivity (Wildman–Crippen MR) is 78.1 cm³/mol. The Hall–Kier alpha value is -1.78. The number of halogens is 2. The van der Waals surface area contributed by atoms with E-state index in [0.717, 1.165) is 5.56 Å². The van der Waals surface area contributed by atoms with Crippen molar-refractivity contribution in [3.05, 3.63) is 52.3 Å². The quantitative estimate of drug-likeness (QED) is 0.810. The fourth-order valence-corrected chi connectivity index (χ4v) is 1.86. The molecular formula is C13H11Cl2N3O. The van der Waals surface area contributed by atoms with Gasteiger partial charge in [-0.3, -0.25) is 0 Å². The first-order chi connectivity index (χ1) is 9.06. The molecule has 2 N–H and O–H groups in total. The molecule has 0 unspecified atom stereocenters. The van der Waals surface area contributed by atoms with Crippen LogP contribution in [-0.4, -0.2) is 11.0 Å². The molecule has 1 aromatic carbocycles. The molecule has 1 aromatic heterocycles. The molecule has 19 heavy (non-hydrogen) atoms. The lowest BCUT2D eigenvalue weighted by Crippen LogP contribution is -2.20. The zero-order valence-electron chi connectivity index (χ0n) is 10.1. The summed E-state index contributed by atoms with van der Waals surface area (Å²) < 4.78 is 0. The van der Waals surface area contributed by atoms with Gasteiger partial charge < -0.3 is 10.6 Å². The summed E-state index contributed by atoms with van der Waals surface area (Å²) in [6.07, 6.45) is 1.52. The predicted octanol–water partition coefficient (Wildman–Crippen LogP) is 4.34. The van der Waals surface area contributed by atoms with Crippen molar-refractivity contribution in [2.24, 2.45) is 0 Å². The van der Waals surface area contributed by atoms with Gasteiger partial charge in [-0.15, -0.1) is 0 Å². The molecule has 2 rings (SSSR count).